The Kier molecular flexibility index (Phi) is 2.35. The number of hydrogen-bond acceptors (Lipinski definition) is 2. The summed E-state index contributed by atoms with van der Waals surface area (Å²) in [6.07, 6.45) is 4.64. The zero-order chi connectivity index (χ0) is 10.2. The molecule has 1 atom stereocenters. The van der Waals surface area contributed by atoms with Crippen LogP contribution in [0.5, 0.6) is 0 Å². The van der Waals surface area contributed by atoms with Gasteiger partial charge in [0.25, 0.3) is 0 Å². The molecule has 2 N–H and O–H groups in total. The van der Waals surface area contributed by atoms with E-state index in [1.807, 2.05) is 6.20 Å². The highest BCUT2D eigenvalue weighted by molar-refractivity contribution is 5.14. The topological polar surface area (TPSA) is 40.7 Å². The molecule has 0 amide bonds. The first-order chi connectivity index (χ1) is 6.62. The van der Waals surface area contributed by atoms with Crippen molar-refractivity contribution in [2.24, 2.45) is 5.41 Å². The van der Waals surface area contributed by atoms with Crippen LogP contribution in [0.15, 0.2) is 6.20 Å². The van der Waals surface area contributed by atoms with E-state index in [9.17, 15) is 0 Å². The van der Waals surface area contributed by atoms with E-state index >= 15 is 0 Å². The number of aromatic nitrogens is 2. The van der Waals surface area contributed by atoms with Gasteiger partial charge in [-0.3, -0.25) is 5.10 Å². The Morgan fingerprint density at radius 3 is 2.86 bits per heavy atom. The quantitative estimate of drug-likeness (QED) is 0.768. The molecule has 0 radical (unpaired) electrons. The van der Waals surface area contributed by atoms with Gasteiger partial charge >= 0.3 is 0 Å². The summed E-state index contributed by atoms with van der Waals surface area (Å²) in [6, 6.07) is 0.608. The molecule has 1 aliphatic carbocycles. The fourth-order valence-electron chi connectivity index (χ4n) is 1.69. The first-order valence-corrected chi connectivity index (χ1v) is 5.34. The minimum atomic E-state index is 0.553. The molecule has 0 aromatic carbocycles. The van der Waals surface area contributed by atoms with Gasteiger partial charge in [-0.1, -0.05) is 6.92 Å². The van der Waals surface area contributed by atoms with Crippen LogP contribution in [0, 0.1) is 12.3 Å². The molecule has 1 unspecified atom stereocenters. The van der Waals surface area contributed by atoms with Crippen LogP contribution in [0.4, 0.5) is 0 Å². The maximum atomic E-state index is 4.01. The van der Waals surface area contributed by atoms with Gasteiger partial charge in [-0.05, 0) is 32.1 Å². The predicted octanol–water partition coefficient (Wildman–Crippen LogP) is 2.00. The minimum absolute atomic E-state index is 0.553. The molecule has 78 valence electrons. The number of aryl methyl sites for hydroxylation is 1. The van der Waals surface area contributed by atoms with Crippen molar-refractivity contribution < 1.29 is 0 Å². The van der Waals surface area contributed by atoms with E-state index in [-0.39, 0.29) is 0 Å². The van der Waals surface area contributed by atoms with Gasteiger partial charge in [0.2, 0.25) is 0 Å². The number of hydrogen-bond donors (Lipinski definition) is 2. The molecule has 0 spiro atoms. The van der Waals surface area contributed by atoms with Crippen molar-refractivity contribution in [3.05, 3.63) is 17.5 Å². The number of H-pyrrole nitrogens is 1. The molecule has 1 heterocycles. The summed E-state index contributed by atoms with van der Waals surface area (Å²) in [5, 5.41) is 10.5. The van der Waals surface area contributed by atoms with Crippen LogP contribution in [0.3, 0.4) is 0 Å². The Labute approximate surface area is 85.3 Å². The van der Waals surface area contributed by atoms with Gasteiger partial charge in [0, 0.05) is 23.8 Å². The second kappa shape index (κ2) is 3.39. The standard InChI is InChI=1S/C11H19N3/c1-8-10(7-13-14-8)6-12-9(2)11(3)4-5-11/h7,9,12H,4-6H2,1-3H3,(H,13,14). The van der Waals surface area contributed by atoms with Crippen molar-refractivity contribution in [3.8, 4) is 0 Å². The summed E-state index contributed by atoms with van der Waals surface area (Å²) in [5.74, 6) is 0. The lowest BCUT2D eigenvalue weighted by atomic mass is 10.0. The Hall–Kier alpha value is -0.830. The highest BCUT2D eigenvalue weighted by Crippen LogP contribution is 2.47. The lowest BCUT2D eigenvalue weighted by Gasteiger charge is -2.20. The van der Waals surface area contributed by atoms with Gasteiger partial charge in [0.05, 0.1) is 6.20 Å². The molecule has 1 saturated carbocycles. The Morgan fingerprint density at radius 1 is 1.64 bits per heavy atom. The SMILES string of the molecule is Cc1[nH]ncc1CNC(C)C1(C)CC1. The molecule has 1 aromatic rings. The highest BCUT2D eigenvalue weighted by Gasteiger charge is 2.42. The van der Waals surface area contributed by atoms with Crippen LogP contribution >= 0.6 is 0 Å². The van der Waals surface area contributed by atoms with Crippen molar-refractivity contribution in [2.75, 3.05) is 0 Å². The summed E-state index contributed by atoms with van der Waals surface area (Å²) in [5.41, 5.74) is 3.00. The molecular weight excluding hydrogens is 174 g/mol. The van der Waals surface area contributed by atoms with Crippen LogP contribution in [0.1, 0.15) is 37.9 Å². The smallest absolute Gasteiger partial charge is 0.0535 e. The van der Waals surface area contributed by atoms with Crippen LogP contribution in [0.2, 0.25) is 0 Å². The zero-order valence-corrected chi connectivity index (χ0v) is 9.22. The third-order valence-electron chi connectivity index (χ3n) is 3.62. The van der Waals surface area contributed by atoms with E-state index in [2.05, 4.69) is 36.3 Å². The van der Waals surface area contributed by atoms with E-state index < -0.39 is 0 Å². The molecule has 0 saturated heterocycles. The number of rotatable bonds is 4. The summed E-state index contributed by atoms with van der Waals surface area (Å²) >= 11 is 0. The monoisotopic (exact) mass is 193 g/mol. The van der Waals surface area contributed by atoms with Crippen molar-refractivity contribution in [1.29, 1.82) is 0 Å². The van der Waals surface area contributed by atoms with Crippen molar-refractivity contribution in [1.82, 2.24) is 15.5 Å². The fourth-order valence-corrected chi connectivity index (χ4v) is 1.69. The summed E-state index contributed by atoms with van der Waals surface area (Å²) < 4.78 is 0. The van der Waals surface area contributed by atoms with Gasteiger partial charge in [0.15, 0.2) is 0 Å². The maximum absolute atomic E-state index is 4.01. The normalized spacial score (nSPS) is 20.8. The van der Waals surface area contributed by atoms with Crippen molar-refractivity contribution in [3.63, 3.8) is 0 Å². The summed E-state index contributed by atoms with van der Waals surface area (Å²) in [4.78, 5) is 0. The summed E-state index contributed by atoms with van der Waals surface area (Å²) in [7, 11) is 0. The van der Waals surface area contributed by atoms with Gasteiger partial charge < -0.3 is 5.32 Å². The second-order valence-electron chi connectivity index (χ2n) is 4.78. The first-order valence-electron chi connectivity index (χ1n) is 5.34. The zero-order valence-electron chi connectivity index (χ0n) is 9.22. The molecule has 2 rings (SSSR count). The molecule has 1 aromatic heterocycles. The predicted molar refractivity (Wildman–Crippen MR) is 57.0 cm³/mol. The van der Waals surface area contributed by atoms with Gasteiger partial charge in [-0.15, -0.1) is 0 Å². The average Bonchev–Trinajstić information content (AvgIpc) is 2.77. The molecule has 3 nitrogen and oxygen atoms in total. The van der Waals surface area contributed by atoms with Gasteiger partial charge in [0.1, 0.15) is 0 Å². The Bertz CT molecular complexity index is 312. The van der Waals surface area contributed by atoms with Crippen LogP contribution in [-0.4, -0.2) is 16.2 Å². The van der Waals surface area contributed by atoms with Crippen molar-refractivity contribution in [2.45, 2.75) is 46.2 Å². The lowest BCUT2D eigenvalue weighted by molar-refractivity contribution is 0.379. The van der Waals surface area contributed by atoms with Crippen LogP contribution < -0.4 is 5.32 Å². The van der Waals surface area contributed by atoms with Gasteiger partial charge in [-0.2, -0.15) is 5.10 Å². The van der Waals surface area contributed by atoms with E-state index in [1.54, 1.807) is 0 Å². The Morgan fingerprint density at radius 2 is 2.36 bits per heavy atom. The Balaban J connectivity index is 1.85. The highest BCUT2D eigenvalue weighted by atomic mass is 15.1. The van der Waals surface area contributed by atoms with E-state index in [0.717, 1.165) is 6.54 Å². The molecule has 3 heteroatoms. The summed E-state index contributed by atoms with van der Waals surface area (Å²) in [6.45, 7) is 7.63. The molecule has 0 bridgehead atoms. The number of aromatic amines is 1. The fraction of sp³-hybridized carbons (Fsp3) is 0.727. The third-order valence-corrected chi connectivity index (χ3v) is 3.62. The van der Waals surface area contributed by atoms with E-state index in [1.165, 1.54) is 24.1 Å². The number of nitrogens with one attached hydrogen (secondary N) is 2. The van der Waals surface area contributed by atoms with Crippen LogP contribution in [-0.2, 0) is 6.54 Å². The lowest BCUT2D eigenvalue weighted by Crippen LogP contribution is -2.32. The second-order valence-corrected chi connectivity index (χ2v) is 4.78. The van der Waals surface area contributed by atoms with E-state index in [4.69, 9.17) is 0 Å². The molecule has 14 heavy (non-hydrogen) atoms. The average molecular weight is 193 g/mol. The molecular formula is C11H19N3. The molecule has 0 aliphatic heterocycles. The van der Waals surface area contributed by atoms with Gasteiger partial charge in [-0.25, -0.2) is 0 Å². The third kappa shape index (κ3) is 1.82. The van der Waals surface area contributed by atoms with Crippen LogP contribution in [0.25, 0.3) is 0 Å². The molecule has 1 aliphatic rings. The largest absolute Gasteiger partial charge is 0.310 e. The molecule has 1 fully saturated rings. The first kappa shape index (κ1) is 9.71. The maximum Gasteiger partial charge on any atom is 0.0535 e. The van der Waals surface area contributed by atoms with Crippen molar-refractivity contribution >= 4 is 0 Å². The minimum Gasteiger partial charge on any atom is -0.310 e. The van der Waals surface area contributed by atoms with E-state index in [0.29, 0.717) is 11.5 Å². The number of nitrogens with zero attached hydrogens (tertiary/aromatic N) is 1.